The van der Waals surface area contributed by atoms with Gasteiger partial charge in [0.2, 0.25) is 0 Å². The van der Waals surface area contributed by atoms with Gasteiger partial charge in [0.05, 0.1) is 5.41 Å². The monoisotopic (exact) mass is 254 g/mol. The van der Waals surface area contributed by atoms with Crippen LogP contribution in [-0.2, 0) is 9.53 Å². The van der Waals surface area contributed by atoms with Crippen LogP contribution in [0.1, 0.15) is 79.1 Å². The molecule has 0 unspecified atom stereocenters. The quantitative estimate of drug-likeness (QED) is 0.641. The Labute approximate surface area is 112 Å². The molecule has 1 rings (SSSR count). The lowest BCUT2D eigenvalue weighted by Crippen LogP contribution is -2.32. The molecule has 18 heavy (non-hydrogen) atoms. The minimum Gasteiger partial charge on any atom is -0.462 e. The Morgan fingerprint density at radius 1 is 1.17 bits per heavy atom. The lowest BCUT2D eigenvalue weighted by atomic mass is 9.84. The lowest BCUT2D eigenvalue weighted by molar-refractivity contribution is -0.161. The third-order valence-corrected chi connectivity index (χ3v) is 4.47. The molecule has 0 aromatic heterocycles. The standard InChI is InChI=1S/C16H30O2/c1-5-7-8-13-9-11-14(12-10-13)18-15(17)16(3,4)6-2/h13-14H,5-12H2,1-4H3. The van der Waals surface area contributed by atoms with Crippen LogP contribution in [0.2, 0.25) is 0 Å². The summed E-state index contributed by atoms with van der Waals surface area (Å²) in [6.45, 7) is 8.24. The summed E-state index contributed by atoms with van der Waals surface area (Å²) >= 11 is 0. The normalized spacial score (nSPS) is 24.9. The van der Waals surface area contributed by atoms with Gasteiger partial charge in [-0.3, -0.25) is 4.79 Å². The van der Waals surface area contributed by atoms with Gasteiger partial charge >= 0.3 is 5.97 Å². The fraction of sp³-hybridized carbons (Fsp3) is 0.938. The van der Waals surface area contributed by atoms with Crippen molar-refractivity contribution in [1.82, 2.24) is 0 Å². The fourth-order valence-electron chi connectivity index (χ4n) is 2.49. The van der Waals surface area contributed by atoms with Crippen molar-refractivity contribution in [1.29, 1.82) is 0 Å². The number of unbranched alkanes of at least 4 members (excludes halogenated alkanes) is 1. The highest BCUT2D eigenvalue weighted by atomic mass is 16.5. The maximum atomic E-state index is 12.0. The Morgan fingerprint density at radius 2 is 1.78 bits per heavy atom. The van der Waals surface area contributed by atoms with E-state index in [4.69, 9.17) is 4.74 Å². The van der Waals surface area contributed by atoms with E-state index >= 15 is 0 Å². The summed E-state index contributed by atoms with van der Waals surface area (Å²) in [4.78, 5) is 12.0. The number of carbonyl (C=O) groups is 1. The number of carbonyl (C=O) groups excluding carboxylic acids is 1. The summed E-state index contributed by atoms with van der Waals surface area (Å²) in [5, 5.41) is 0. The fourth-order valence-corrected chi connectivity index (χ4v) is 2.49. The second kappa shape index (κ2) is 7.16. The van der Waals surface area contributed by atoms with E-state index < -0.39 is 0 Å². The molecule has 1 aliphatic carbocycles. The Hall–Kier alpha value is -0.530. The van der Waals surface area contributed by atoms with Crippen molar-refractivity contribution in [2.45, 2.75) is 85.2 Å². The molecule has 0 amide bonds. The van der Waals surface area contributed by atoms with Gasteiger partial charge in [0.25, 0.3) is 0 Å². The molecule has 106 valence electrons. The predicted molar refractivity (Wildman–Crippen MR) is 75.4 cm³/mol. The number of esters is 1. The van der Waals surface area contributed by atoms with Crippen molar-refractivity contribution in [3.8, 4) is 0 Å². The first-order valence-corrected chi connectivity index (χ1v) is 7.70. The molecule has 2 nitrogen and oxygen atoms in total. The molecule has 1 saturated carbocycles. The van der Waals surface area contributed by atoms with Crippen molar-refractivity contribution in [3.05, 3.63) is 0 Å². The molecule has 1 fully saturated rings. The van der Waals surface area contributed by atoms with E-state index in [0.717, 1.165) is 25.2 Å². The lowest BCUT2D eigenvalue weighted by Gasteiger charge is -2.31. The highest BCUT2D eigenvalue weighted by molar-refractivity contribution is 5.75. The second-order valence-electron chi connectivity index (χ2n) is 6.43. The Bertz CT molecular complexity index is 250. The van der Waals surface area contributed by atoms with E-state index in [1.54, 1.807) is 0 Å². The molecule has 0 N–H and O–H groups in total. The van der Waals surface area contributed by atoms with Gasteiger partial charge in [0.1, 0.15) is 6.10 Å². The first-order valence-electron chi connectivity index (χ1n) is 7.70. The van der Waals surface area contributed by atoms with Crippen LogP contribution >= 0.6 is 0 Å². The summed E-state index contributed by atoms with van der Waals surface area (Å²) in [6, 6.07) is 0. The molecule has 0 bridgehead atoms. The van der Waals surface area contributed by atoms with E-state index in [1.807, 2.05) is 20.8 Å². The van der Waals surface area contributed by atoms with Gasteiger partial charge in [-0.1, -0.05) is 33.1 Å². The van der Waals surface area contributed by atoms with Gasteiger partial charge in [-0.2, -0.15) is 0 Å². The maximum Gasteiger partial charge on any atom is 0.311 e. The molecular formula is C16H30O2. The zero-order valence-corrected chi connectivity index (χ0v) is 12.6. The zero-order chi connectivity index (χ0) is 13.6. The van der Waals surface area contributed by atoms with Gasteiger partial charge in [-0.25, -0.2) is 0 Å². The first kappa shape index (κ1) is 15.5. The smallest absolute Gasteiger partial charge is 0.311 e. The van der Waals surface area contributed by atoms with Gasteiger partial charge in [-0.05, 0) is 51.9 Å². The molecule has 0 atom stereocenters. The van der Waals surface area contributed by atoms with Gasteiger partial charge in [-0.15, -0.1) is 0 Å². The average Bonchev–Trinajstić information content (AvgIpc) is 2.37. The van der Waals surface area contributed by atoms with Crippen molar-refractivity contribution in [2.75, 3.05) is 0 Å². The highest BCUT2D eigenvalue weighted by Gasteiger charge is 2.31. The second-order valence-corrected chi connectivity index (χ2v) is 6.43. The van der Waals surface area contributed by atoms with E-state index in [-0.39, 0.29) is 17.5 Å². The maximum absolute atomic E-state index is 12.0. The molecule has 0 heterocycles. The largest absolute Gasteiger partial charge is 0.462 e. The number of hydrogen-bond donors (Lipinski definition) is 0. The Kier molecular flexibility index (Phi) is 6.17. The van der Waals surface area contributed by atoms with Crippen LogP contribution < -0.4 is 0 Å². The van der Waals surface area contributed by atoms with Gasteiger partial charge < -0.3 is 4.74 Å². The van der Waals surface area contributed by atoms with Crippen LogP contribution in [0.15, 0.2) is 0 Å². The molecule has 0 aromatic carbocycles. The van der Waals surface area contributed by atoms with Crippen LogP contribution in [0, 0.1) is 11.3 Å². The van der Waals surface area contributed by atoms with Crippen LogP contribution in [0.25, 0.3) is 0 Å². The van der Waals surface area contributed by atoms with Crippen LogP contribution in [0.3, 0.4) is 0 Å². The SMILES string of the molecule is CCCCC1CCC(OC(=O)C(C)(C)CC)CC1. The molecule has 0 saturated heterocycles. The summed E-state index contributed by atoms with van der Waals surface area (Å²) in [7, 11) is 0. The predicted octanol–water partition coefficient (Wildman–Crippen LogP) is 4.71. The van der Waals surface area contributed by atoms with E-state index in [0.29, 0.717) is 0 Å². The molecule has 0 aromatic rings. The summed E-state index contributed by atoms with van der Waals surface area (Å²) in [5.41, 5.74) is -0.320. The Morgan fingerprint density at radius 3 is 2.28 bits per heavy atom. The third-order valence-electron chi connectivity index (χ3n) is 4.47. The first-order chi connectivity index (χ1) is 8.49. The van der Waals surface area contributed by atoms with E-state index in [2.05, 4.69) is 6.92 Å². The molecule has 0 aliphatic heterocycles. The summed E-state index contributed by atoms with van der Waals surface area (Å²) in [6.07, 6.45) is 9.64. The van der Waals surface area contributed by atoms with Crippen LogP contribution in [0.5, 0.6) is 0 Å². The molecule has 0 spiro atoms. The molecule has 1 aliphatic rings. The number of rotatable bonds is 6. The minimum atomic E-state index is -0.320. The van der Waals surface area contributed by atoms with Crippen molar-refractivity contribution in [2.24, 2.45) is 11.3 Å². The highest BCUT2D eigenvalue weighted by Crippen LogP contribution is 2.31. The van der Waals surface area contributed by atoms with E-state index in [9.17, 15) is 4.79 Å². The third kappa shape index (κ3) is 4.62. The average molecular weight is 254 g/mol. The molecule has 0 radical (unpaired) electrons. The van der Waals surface area contributed by atoms with Crippen molar-refractivity contribution in [3.63, 3.8) is 0 Å². The van der Waals surface area contributed by atoms with Crippen molar-refractivity contribution < 1.29 is 9.53 Å². The zero-order valence-electron chi connectivity index (χ0n) is 12.6. The number of hydrogen-bond acceptors (Lipinski definition) is 2. The van der Waals surface area contributed by atoms with Gasteiger partial charge in [0, 0.05) is 0 Å². The van der Waals surface area contributed by atoms with E-state index in [1.165, 1.54) is 32.1 Å². The molecular weight excluding hydrogens is 224 g/mol. The van der Waals surface area contributed by atoms with Gasteiger partial charge in [0.15, 0.2) is 0 Å². The topological polar surface area (TPSA) is 26.3 Å². The van der Waals surface area contributed by atoms with Crippen LogP contribution in [0.4, 0.5) is 0 Å². The van der Waals surface area contributed by atoms with Crippen molar-refractivity contribution >= 4 is 5.97 Å². The summed E-state index contributed by atoms with van der Waals surface area (Å²) < 4.78 is 5.66. The number of ether oxygens (including phenoxy) is 1. The minimum absolute atomic E-state index is 0.0120. The summed E-state index contributed by atoms with van der Waals surface area (Å²) in [5.74, 6) is 0.862. The van der Waals surface area contributed by atoms with Crippen LogP contribution in [-0.4, -0.2) is 12.1 Å². The Balaban J connectivity index is 2.29. The molecule has 2 heteroatoms.